The van der Waals surface area contributed by atoms with E-state index in [0.29, 0.717) is 5.69 Å². The van der Waals surface area contributed by atoms with E-state index in [-0.39, 0.29) is 10.6 Å². The highest BCUT2D eigenvalue weighted by atomic mass is 16.6. The maximum Gasteiger partial charge on any atom is 0.292 e. The van der Waals surface area contributed by atoms with Gasteiger partial charge in [-0.15, -0.1) is 0 Å². The number of hydrogen-bond donors (Lipinski definition) is 1. The van der Waals surface area contributed by atoms with Crippen LogP contribution in [-0.4, -0.2) is 29.5 Å². The molecule has 1 heterocycles. The minimum atomic E-state index is -0.291. The highest BCUT2D eigenvalue weighted by molar-refractivity contribution is 5.62. The van der Waals surface area contributed by atoms with Crippen molar-refractivity contribution in [3.05, 3.63) is 33.9 Å². The Hall–Kier alpha value is -1.62. The molecule has 0 amide bonds. The number of piperidine rings is 1. The van der Waals surface area contributed by atoms with Crippen molar-refractivity contribution in [3.8, 4) is 0 Å². The zero-order valence-corrected chi connectivity index (χ0v) is 13.0. The molecule has 116 valence electrons. The summed E-state index contributed by atoms with van der Waals surface area (Å²) in [5.74, 6) is 0.722. The number of nitro benzene ring substituents is 1. The number of nitrogens with zero attached hydrogens (tertiary/aromatic N) is 2. The Morgan fingerprint density at radius 2 is 2.29 bits per heavy atom. The first-order valence-electron chi connectivity index (χ1n) is 7.83. The topological polar surface area (TPSA) is 58.4 Å². The Morgan fingerprint density at radius 3 is 2.95 bits per heavy atom. The lowest BCUT2D eigenvalue weighted by Gasteiger charge is -2.30. The van der Waals surface area contributed by atoms with Gasteiger partial charge in [0.25, 0.3) is 5.69 Å². The van der Waals surface area contributed by atoms with Crippen LogP contribution in [0.4, 0.5) is 11.4 Å². The first-order valence-corrected chi connectivity index (χ1v) is 7.83. The molecule has 1 unspecified atom stereocenters. The standard InChI is InChI=1S/C16H25N3O2/c1-3-8-17-15-7-6-14(10-16(15)19(20)21)12-18-9-4-5-13(2)11-18/h6-7,10,13,17H,3-5,8-9,11-12H2,1-2H3. The number of likely N-dealkylation sites (tertiary alicyclic amines) is 1. The van der Waals surface area contributed by atoms with Gasteiger partial charge >= 0.3 is 0 Å². The van der Waals surface area contributed by atoms with Gasteiger partial charge < -0.3 is 5.32 Å². The van der Waals surface area contributed by atoms with Gasteiger partial charge in [0.2, 0.25) is 0 Å². The molecule has 1 aliphatic rings. The summed E-state index contributed by atoms with van der Waals surface area (Å²) >= 11 is 0. The SMILES string of the molecule is CCCNc1ccc(CN2CCCC(C)C2)cc1[N+](=O)[O-]. The molecular weight excluding hydrogens is 266 g/mol. The molecular formula is C16H25N3O2. The predicted octanol–water partition coefficient (Wildman–Crippen LogP) is 3.65. The largest absolute Gasteiger partial charge is 0.380 e. The molecule has 0 bridgehead atoms. The zero-order valence-electron chi connectivity index (χ0n) is 13.0. The quantitative estimate of drug-likeness (QED) is 0.642. The third kappa shape index (κ3) is 4.43. The molecule has 1 aliphatic heterocycles. The average molecular weight is 291 g/mol. The fourth-order valence-corrected chi connectivity index (χ4v) is 2.92. The number of nitro groups is 1. The summed E-state index contributed by atoms with van der Waals surface area (Å²) in [6.45, 7) is 8.05. The summed E-state index contributed by atoms with van der Waals surface area (Å²) in [6.07, 6.45) is 3.46. The van der Waals surface area contributed by atoms with Crippen molar-refractivity contribution < 1.29 is 4.92 Å². The summed E-state index contributed by atoms with van der Waals surface area (Å²) in [5, 5.41) is 14.4. The van der Waals surface area contributed by atoms with Gasteiger partial charge in [-0.1, -0.05) is 19.9 Å². The molecule has 2 rings (SSSR count). The van der Waals surface area contributed by atoms with Crippen molar-refractivity contribution in [2.75, 3.05) is 25.0 Å². The Kier molecular flexibility index (Phi) is 5.56. The highest BCUT2D eigenvalue weighted by Gasteiger charge is 2.19. The van der Waals surface area contributed by atoms with Crippen LogP contribution in [0.1, 0.15) is 38.7 Å². The second kappa shape index (κ2) is 7.41. The zero-order chi connectivity index (χ0) is 15.2. The third-order valence-corrected chi connectivity index (χ3v) is 3.97. The minimum Gasteiger partial charge on any atom is -0.380 e. The average Bonchev–Trinajstić information content (AvgIpc) is 2.45. The van der Waals surface area contributed by atoms with Crippen molar-refractivity contribution in [1.29, 1.82) is 0 Å². The lowest BCUT2D eigenvalue weighted by Crippen LogP contribution is -2.33. The van der Waals surface area contributed by atoms with Crippen molar-refractivity contribution in [2.45, 2.75) is 39.7 Å². The van der Waals surface area contributed by atoms with Gasteiger partial charge in [-0.25, -0.2) is 0 Å². The van der Waals surface area contributed by atoms with Crippen molar-refractivity contribution in [1.82, 2.24) is 4.90 Å². The van der Waals surface area contributed by atoms with Crippen LogP contribution in [-0.2, 0) is 6.54 Å². The van der Waals surface area contributed by atoms with E-state index < -0.39 is 0 Å². The summed E-state index contributed by atoms with van der Waals surface area (Å²) < 4.78 is 0. The smallest absolute Gasteiger partial charge is 0.292 e. The van der Waals surface area contributed by atoms with E-state index in [4.69, 9.17) is 0 Å². The van der Waals surface area contributed by atoms with E-state index >= 15 is 0 Å². The minimum absolute atomic E-state index is 0.186. The van der Waals surface area contributed by atoms with Gasteiger partial charge in [0.05, 0.1) is 4.92 Å². The van der Waals surface area contributed by atoms with Crippen LogP contribution < -0.4 is 5.32 Å². The normalized spacial score (nSPS) is 19.4. The first kappa shape index (κ1) is 15.8. The second-order valence-corrected chi connectivity index (χ2v) is 6.02. The molecule has 0 radical (unpaired) electrons. The monoisotopic (exact) mass is 291 g/mol. The van der Waals surface area contributed by atoms with Crippen LogP contribution in [0.25, 0.3) is 0 Å². The van der Waals surface area contributed by atoms with Crippen LogP contribution in [0, 0.1) is 16.0 Å². The molecule has 1 saturated heterocycles. The number of benzene rings is 1. The molecule has 5 heteroatoms. The van der Waals surface area contributed by atoms with Crippen molar-refractivity contribution in [2.24, 2.45) is 5.92 Å². The first-order chi connectivity index (χ1) is 10.1. The molecule has 1 aromatic carbocycles. The second-order valence-electron chi connectivity index (χ2n) is 6.02. The summed E-state index contributed by atoms with van der Waals surface area (Å²) in [5.41, 5.74) is 1.83. The van der Waals surface area contributed by atoms with E-state index in [0.717, 1.165) is 44.1 Å². The number of rotatable bonds is 6. The molecule has 0 aliphatic carbocycles. The van der Waals surface area contributed by atoms with Crippen LogP contribution in [0.5, 0.6) is 0 Å². The fraction of sp³-hybridized carbons (Fsp3) is 0.625. The lowest BCUT2D eigenvalue weighted by molar-refractivity contribution is -0.384. The van der Waals surface area contributed by atoms with E-state index in [9.17, 15) is 10.1 Å². The van der Waals surface area contributed by atoms with E-state index in [1.807, 2.05) is 19.1 Å². The van der Waals surface area contributed by atoms with Crippen LogP contribution in [0.2, 0.25) is 0 Å². The van der Waals surface area contributed by atoms with Gasteiger partial charge in [0.15, 0.2) is 0 Å². The Bertz CT molecular complexity index is 490. The van der Waals surface area contributed by atoms with E-state index in [1.165, 1.54) is 12.8 Å². The van der Waals surface area contributed by atoms with Gasteiger partial charge in [-0.05, 0) is 43.4 Å². The summed E-state index contributed by atoms with van der Waals surface area (Å²) in [6, 6.07) is 5.57. The molecule has 1 atom stereocenters. The van der Waals surface area contributed by atoms with Crippen LogP contribution in [0.3, 0.4) is 0 Å². The molecule has 1 aromatic rings. The molecule has 21 heavy (non-hydrogen) atoms. The summed E-state index contributed by atoms with van der Waals surface area (Å²) in [7, 11) is 0. The molecule has 0 saturated carbocycles. The number of hydrogen-bond acceptors (Lipinski definition) is 4. The Balaban J connectivity index is 2.09. The highest BCUT2D eigenvalue weighted by Crippen LogP contribution is 2.27. The van der Waals surface area contributed by atoms with Gasteiger partial charge in [0, 0.05) is 25.7 Å². The van der Waals surface area contributed by atoms with Gasteiger partial charge in [-0.2, -0.15) is 0 Å². The maximum absolute atomic E-state index is 11.2. The maximum atomic E-state index is 11.2. The number of nitrogens with one attached hydrogen (secondary N) is 1. The van der Waals surface area contributed by atoms with Crippen molar-refractivity contribution >= 4 is 11.4 Å². The van der Waals surface area contributed by atoms with Gasteiger partial charge in [-0.3, -0.25) is 15.0 Å². The summed E-state index contributed by atoms with van der Waals surface area (Å²) in [4.78, 5) is 13.3. The molecule has 1 N–H and O–H groups in total. The molecule has 0 spiro atoms. The molecule has 0 aromatic heterocycles. The van der Waals surface area contributed by atoms with Crippen molar-refractivity contribution in [3.63, 3.8) is 0 Å². The Labute approximate surface area is 126 Å². The third-order valence-electron chi connectivity index (χ3n) is 3.97. The predicted molar refractivity (Wildman–Crippen MR) is 85.6 cm³/mol. The van der Waals surface area contributed by atoms with E-state index in [2.05, 4.69) is 17.1 Å². The van der Waals surface area contributed by atoms with Gasteiger partial charge in [0.1, 0.15) is 5.69 Å². The number of anilines is 1. The Morgan fingerprint density at radius 1 is 1.48 bits per heavy atom. The van der Waals surface area contributed by atoms with Crippen LogP contribution in [0.15, 0.2) is 18.2 Å². The van der Waals surface area contributed by atoms with E-state index in [1.54, 1.807) is 6.07 Å². The molecule has 1 fully saturated rings. The van der Waals surface area contributed by atoms with Crippen LogP contribution >= 0.6 is 0 Å². The fourth-order valence-electron chi connectivity index (χ4n) is 2.92. The lowest BCUT2D eigenvalue weighted by atomic mass is 9.99. The molecule has 5 nitrogen and oxygen atoms in total.